The Bertz CT molecular complexity index is 950. The lowest BCUT2D eigenvalue weighted by Gasteiger charge is -2.10. The van der Waals surface area contributed by atoms with Crippen molar-refractivity contribution in [1.29, 1.82) is 0 Å². The van der Waals surface area contributed by atoms with E-state index in [0.29, 0.717) is 11.3 Å². The van der Waals surface area contributed by atoms with Gasteiger partial charge in [-0.15, -0.1) is 0 Å². The second kappa shape index (κ2) is 6.84. The summed E-state index contributed by atoms with van der Waals surface area (Å²) in [5.41, 5.74) is 0.609. The van der Waals surface area contributed by atoms with Crippen LogP contribution in [0.3, 0.4) is 0 Å². The molecule has 0 aliphatic carbocycles. The number of aromatic nitrogens is 2. The van der Waals surface area contributed by atoms with Crippen LogP contribution in [0.2, 0.25) is 0 Å². The molecule has 1 heterocycles. The van der Waals surface area contributed by atoms with Gasteiger partial charge in [-0.05, 0) is 35.9 Å². The molecular weight excluding hydrogens is 397 g/mol. The molecule has 0 N–H and O–H groups in total. The third-order valence-corrected chi connectivity index (χ3v) is 4.12. The fourth-order valence-electron chi connectivity index (χ4n) is 2.36. The zero-order valence-electron chi connectivity index (χ0n) is 12.8. The molecule has 0 amide bonds. The Kier molecular flexibility index (Phi) is 4.76. The van der Waals surface area contributed by atoms with Gasteiger partial charge in [0.05, 0.1) is 17.8 Å². The molecule has 3 rings (SSSR count). The first-order chi connectivity index (χ1) is 11.8. The highest BCUT2D eigenvalue weighted by Crippen LogP contribution is 2.29. The summed E-state index contributed by atoms with van der Waals surface area (Å²) in [6.07, 6.45) is -4.42. The Morgan fingerprint density at radius 2 is 1.72 bits per heavy atom. The Labute approximate surface area is 149 Å². The Morgan fingerprint density at radius 3 is 2.40 bits per heavy atom. The molecule has 0 radical (unpaired) electrons. The number of alkyl halides is 3. The monoisotopic (exact) mass is 408 g/mol. The molecule has 0 unspecified atom stereocenters. The van der Waals surface area contributed by atoms with Crippen LogP contribution in [0.15, 0.2) is 69.9 Å². The summed E-state index contributed by atoms with van der Waals surface area (Å²) in [4.78, 5) is 12.0. The number of nitrogens with zero attached hydrogens (tertiary/aromatic N) is 2. The van der Waals surface area contributed by atoms with Crippen molar-refractivity contribution in [2.24, 2.45) is 0 Å². The van der Waals surface area contributed by atoms with Crippen LogP contribution < -0.4 is 5.56 Å². The number of hydrogen-bond donors (Lipinski definition) is 0. The Hall–Kier alpha value is -2.41. The highest BCUT2D eigenvalue weighted by atomic mass is 79.9. The van der Waals surface area contributed by atoms with Crippen LogP contribution in [-0.2, 0) is 12.7 Å². The van der Waals surface area contributed by atoms with Crippen molar-refractivity contribution in [1.82, 2.24) is 9.78 Å². The van der Waals surface area contributed by atoms with Gasteiger partial charge in [-0.3, -0.25) is 4.79 Å². The fraction of sp³-hybridized carbons (Fsp3) is 0.111. The molecule has 0 aliphatic rings. The van der Waals surface area contributed by atoms with Crippen LogP contribution in [0.5, 0.6) is 0 Å². The van der Waals surface area contributed by atoms with Crippen LogP contribution in [0.25, 0.3) is 11.3 Å². The van der Waals surface area contributed by atoms with Gasteiger partial charge in [0.25, 0.3) is 5.56 Å². The molecule has 25 heavy (non-hydrogen) atoms. The van der Waals surface area contributed by atoms with Gasteiger partial charge in [-0.2, -0.15) is 18.3 Å². The zero-order valence-corrected chi connectivity index (χ0v) is 14.4. The van der Waals surface area contributed by atoms with Crippen LogP contribution in [-0.4, -0.2) is 9.78 Å². The second-order valence-electron chi connectivity index (χ2n) is 5.42. The molecule has 0 aliphatic heterocycles. The van der Waals surface area contributed by atoms with Crippen molar-refractivity contribution in [3.05, 3.63) is 86.6 Å². The molecular formula is C18H12BrF3N2O. The first-order valence-electron chi connectivity index (χ1n) is 7.33. The lowest BCUT2D eigenvalue weighted by molar-refractivity contribution is -0.137. The van der Waals surface area contributed by atoms with Gasteiger partial charge in [-0.25, -0.2) is 4.68 Å². The summed E-state index contributed by atoms with van der Waals surface area (Å²) in [6.45, 7) is -0.0346. The van der Waals surface area contributed by atoms with E-state index in [1.165, 1.54) is 18.2 Å². The van der Waals surface area contributed by atoms with Crippen molar-refractivity contribution in [3.63, 3.8) is 0 Å². The summed E-state index contributed by atoms with van der Waals surface area (Å²) in [5.74, 6) is 0. The maximum atomic E-state index is 12.8. The minimum absolute atomic E-state index is 0.0346. The van der Waals surface area contributed by atoms with Gasteiger partial charge in [0.2, 0.25) is 0 Å². The molecule has 0 spiro atoms. The zero-order chi connectivity index (χ0) is 18.0. The van der Waals surface area contributed by atoms with E-state index in [0.717, 1.165) is 26.9 Å². The van der Waals surface area contributed by atoms with Gasteiger partial charge in [-0.1, -0.05) is 40.2 Å². The van der Waals surface area contributed by atoms with E-state index >= 15 is 0 Å². The molecule has 0 bridgehead atoms. The van der Waals surface area contributed by atoms with Crippen LogP contribution >= 0.6 is 15.9 Å². The third-order valence-electron chi connectivity index (χ3n) is 3.59. The quantitative estimate of drug-likeness (QED) is 0.627. The van der Waals surface area contributed by atoms with E-state index in [4.69, 9.17) is 0 Å². The van der Waals surface area contributed by atoms with E-state index in [1.807, 2.05) is 24.3 Å². The molecule has 3 nitrogen and oxygen atoms in total. The molecule has 0 saturated carbocycles. The summed E-state index contributed by atoms with van der Waals surface area (Å²) >= 11 is 3.34. The number of rotatable bonds is 3. The van der Waals surface area contributed by atoms with Crippen molar-refractivity contribution in [3.8, 4) is 11.3 Å². The molecule has 0 atom stereocenters. The van der Waals surface area contributed by atoms with Crippen molar-refractivity contribution < 1.29 is 13.2 Å². The van der Waals surface area contributed by atoms with E-state index in [2.05, 4.69) is 21.0 Å². The Morgan fingerprint density at radius 1 is 1.00 bits per heavy atom. The summed E-state index contributed by atoms with van der Waals surface area (Å²) in [5, 5.41) is 4.27. The first-order valence-corrected chi connectivity index (χ1v) is 8.12. The van der Waals surface area contributed by atoms with Gasteiger partial charge < -0.3 is 0 Å². The minimum atomic E-state index is -4.42. The number of halogens is 4. The highest BCUT2D eigenvalue weighted by Gasteiger charge is 2.30. The van der Waals surface area contributed by atoms with Gasteiger partial charge in [0.15, 0.2) is 0 Å². The second-order valence-corrected chi connectivity index (χ2v) is 6.34. The summed E-state index contributed by atoms with van der Waals surface area (Å²) < 4.78 is 40.5. The fourth-order valence-corrected chi connectivity index (χ4v) is 2.62. The maximum absolute atomic E-state index is 12.8. The van der Waals surface area contributed by atoms with E-state index in [1.54, 1.807) is 6.07 Å². The smallest absolute Gasteiger partial charge is 0.268 e. The van der Waals surface area contributed by atoms with E-state index in [9.17, 15) is 18.0 Å². The molecule has 1 aromatic heterocycles. The largest absolute Gasteiger partial charge is 0.416 e. The number of benzene rings is 2. The maximum Gasteiger partial charge on any atom is 0.416 e. The molecule has 3 aromatic rings. The van der Waals surface area contributed by atoms with Crippen LogP contribution in [0, 0.1) is 0 Å². The molecule has 0 saturated heterocycles. The minimum Gasteiger partial charge on any atom is -0.268 e. The molecule has 128 valence electrons. The predicted octanol–water partition coefficient (Wildman–Crippen LogP) is 4.74. The summed E-state index contributed by atoms with van der Waals surface area (Å²) in [7, 11) is 0. The molecule has 0 fully saturated rings. The lowest BCUT2D eigenvalue weighted by atomic mass is 10.1. The topological polar surface area (TPSA) is 34.9 Å². The number of hydrogen-bond acceptors (Lipinski definition) is 2. The predicted molar refractivity (Wildman–Crippen MR) is 92.2 cm³/mol. The highest BCUT2D eigenvalue weighted by molar-refractivity contribution is 9.10. The standard InChI is InChI=1S/C18H12BrF3N2O/c19-15-6-4-13(5-7-15)16-8-9-17(25)24(23-16)11-12-2-1-3-14(10-12)18(20,21)22/h1-10H,11H2. The average Bonchev–Trinajstić information content (AvgIpc) is 2.57. The third kappa shape index (κ3) is 4.17. The first kappa shape index (κ1) is 17.4. The van der Waals surface area contributed by atoms with Gasteiger partial charge in [0, 0.05) is 16.1 Å². The average molecular weight is 409 g/mol. The lowest BCUT2D eigenvalue weighted by Crippen LogP contribution is -2.23. The molecule has 2 aromatic carbocycles. The molecule has 7 heteroatoms. The Balaban J connectivity index is 1.94. The normalized spacial score (nSPS) is 11.5. The van der Waals surface area contributed by atoms with Crippen LogP contribution in [0.4, 0.5) is 13.2 Å². The van der Waals surface area contributed by atoms with Crippen molar-refractivity contribution >= 4 is 15.9 Å². The van der Waals surface area contributed by atoms with E-state index in [-0.39, 0.29) is 12.1 Å². The van der Waals surface area contributed by atoms with Crippen molar-refractivity contribution in [2.75, 3.05) is 0 Å². The van der Waals surface area contributed by atoms with Crippen LogP contribution in [0.1, 0.15) is 11.1 Å². The van der Waals surface area contributed by atoms with Crippen molar-refractivity contribution in [2.45, 2.75) is 12.7 Å². The van der Waals surface area contributed by atoms with Gasteiger partial charge in [0.1, 0.15) is 0 Å². The SMILES string of the molecule is O=c1ccc(-c2ccc(Br)cc2)nn1Cc1cccc(C(F)(F)F)c1. The van der Waals surface area contributed by atoms with Gasteiger partial charge >= 0.3 is 6.18 Å². The van der Waals surface area contributed by atoms with E-state index < -0.39 is 11.7 Å². The summed E-state index contributed by atoms with van der Waals surface area (Å²) in [6, 6.07) is 15.2.